The summed E-state index contributed by atoms with van der Waals surface area (Å²) < 4.78 is 18.5. The van der Waals surface area contributed by atoms with Crippen LogP contribution in [0.15, 0.2) is 103 Å². The molecule has 4 aromatic carbocycles. The van der Waals surface area contributed by atoms with Gasteiger partial charge in [-0.2, -0.15) is 4.57 Å². The van der Waals surface area contributed by atoms with E-state index in [-0.39, 0.29) is 16.4 Å². The normalized spacial score (nSPS) is 20.7. The van der Waals surface area contributed by atoms with Gasteiger partial charge < -0.3 is 4.57 Å². The zero-order chi connectivity index (χ0) is 29.5. The molecule has 0 fully saturated rings. The van der Waals surface area contributed by atoms with Gasteiger partial charge in [-0.3, -0.25) is 0 Å². The first-order chi connectivity index (χ1) is 20.2. The van der Waals surface area contributed by atoms with Gasteiger partial charge in [0, 0.05) is 40.2 Å². The highest BCUT2D eigenvalue weighted by Gasteiger charge is 2.59. The van der Waals surface area contributed by atoms with Gasteiger partial charge in [0.05, 0.1) is 16.4 Å². The van der Waals surface area contributed by atoms with E-state index in [4.69, 9.17) is 0 Å². The summed E-state index contributed by atoms with van der Waals surface area (Å²) >= 11 is 0. The molecule has 0 spiro atoms. The van der Waals surface area contributed by atoms with Crippen LogP contribution in [0.4, 0.5) is 0 Å². The largest absolute Gasteiger partial charge is 0.309 e. The Kier molecular flexibility index (Phi) is 6.03. The second-order valence-corrected chi connectivity index (χ2v) is 15.7. The van der Waals surface area contributed by atoms with Crippen LogP contribution in [-0.4, -0.2) is 0 Å². The minimum absolute atomic E-state index is 0.0615. The second kappa shape index (κ2) is 9.26. The molecular weight excluding hydrogens is 529 g/mol. The van der Waals surface area contributed by atoms with E-state index in [9.17, 15) is 0 Å². The zero-order valence-electron chi connectivity index (χ0n) is 25.7. The number of aromatic nitrogens is 1. The molecule has 0 radical (unpaired) electrons. The highest BCUT2D eigenvalue weighted by atomic mass is 31.2. The summed E-state index contributed by atoms with van der Waals surface area (Å²) in [6.45, 7) is 14.0. The van der Waals surface area contributed by atoms with Crippen molar-refractivity contribution in [2.75, 3.05) is 0 Å². The van der Waals surface area contributed by atoms with Crippen LogP contribution in [-0.2, 0) is 20.9 Å². The minimum Gasteiger partial charge on any atom is -0.309 e. The van der Waals surface area contributed by atoms with Crippen molar-refractivity contribution < 1.29 is 9.13 Å². The van der Waals surface area contributed by atoms with Crippen LogP contribution in [0.3, 0.4) is 0 Å². The van der Waals surface area contributed by atoms with Crippen molar-refractivity contribution in [3.8, 4) is 11.3 Å². The van der Waals surface area contributed by atoms with E-state index >= 15 is 4.57 Å². The number of pyridine rings is 1. The summed E-state index contributed by atoms with van der Waals surface area (Å²) in [7, 11) is -3.15. The summed E-state index contributed by atoms with van der Waals surface area (Å²) in [4.78, 5) is 0. The number of fused-ring (bicyclic) bond motifs is 7. The average molecular weight is 571 g/mol. The fourth-order valence-corrected chi connectivity index (χ4v) is 12.2. The monoisotopic (exact) mass is 570 g/mol. The Morgan fingerprint density at radius 2 is 1.26 bits per heavy atom. The van der Waals surface area contributed by atoms with Crippen molar-refractivity contribution in [2.45, 2.75) is 77.2 Å². The van der Waals surface area contributed by atoms with E-state index in [0.29, 0.717) is 0 Å². The van der Waals surface area contributed by atoms with E-state index in [1.54, 1.807) is 0 Å². The summed E-state index contributed by atoms with van der Waals surface area (Å²) in [5.74, 6) is 0. The molecular formula is C39H41NOP+. The molecule has 0 saturated heterocycles. The Morgan fingerprint density at radius 1 is 0.667 bits per heavy atom. The van der Waals surface area contributed by atoms with Gasteiger partial charge in [0.1, 0.15) is 0 Å². The first-order valence-corrected chi connectivity index (χ1v) is 17.3. The van der Waals surface area contributed by atoms with Crippen molar-refractivity contribution in [1.82, 2.24) is 0 Å². The maximum Gasteiger partial charge on any atom is 0.221 e. The number of rotatable bonds is 4. The molecule has 0 N–H and O–H groups in total. The third kappa shape index (κ3) is 3.23. The van der Waals surface area contributed by atoms with E-state index in [1.165, 1.54) is 38.7 Å². The highest BCUT2D eigenvalue weighted by Crippen LogP contribution is 2.55. The van der Waals surface area contributed by atoms with Crippen LogP contribution < -0.4 is 20.5 Å². The first kappa shape index (κ1) is 27.4. The van der Waals surface area contributed by atoms with Crippen LogP contribution in [0.25, 0.3) is 22.0 Å². The number of hydrogen-bond donors (Lipinski definition) is 0. The van der Waals surface area contributed by atoms with E-state index in [0.717, 1.165) is 35.2 Å². The molecule has 0 saturated carbocycles. The molecule has 0 amide bonds. The molecule has 1 aromatic heterocycles. The van der Waals surface area contributed by atoms with Crippen molar-refractivity contribution in [1.29, 1.82) is 0 Å². The van der Waals surface area contributed by atoms with Crippen LogP contribution in [0.2, 0.25) is 0 Å². The van der Waals surface area contributed by atoms with Crippen LogP contribution in [0.1, 0.15) is 77.5 Å². The van der Waals surface area contributed by atoms with Gasteiger partial charge in [-0.15, -0.1) is 0 Å². The van der Waals surface area contributed by atoms with Gasteiger partial charge in [-0.05, 0) is 47.6 Å². The lowest BCUT2D eigenvalue weighted by Gasteiger charge is -2.48. The predicted octanol–water partition coefficient (Wildman–Crippen LogP) is 8.27. The molecule has 3 heterocycles. The minimum atomic E-state index is -3.15. The third-order valence-corrected chi connectivity index (χ3v) is 14.4. The quantitative estimate of drug-likeness (QED) is 0.157. The predicted molar refractivity (Wildman–Crippen MR) is 177 cm³/mol. The first-order valence-electron chi connectivity index (χ1n) is 15.6. The molecule has 42 heavy (non-hydrogen) atoms. The Bertz CT molecular complexity index is 1880. The maximum absolute atomic E-state index is 15.9. The van der Waals surface area contributed by atoms with Crippen LogP contribution >= 0.6 is 7.14 Å². The number of hydrogen-bond acceptors (Lipinski definition) is 1. The summed E-state index contributed by atoms with van der Waals surface area (Å²) in [6.07, 6.45) is 5.43. The summed E-state index contributed by atoms with van der Waals surface area (Å²) in [5, 5.41) is 5.37. The van der Waals surface area contributed by atoms with Crippen LogP contribution in [0, 0.1) is 0 Å². The number of benzene rings is 4. The molecule has 0 bridgehead atoms. The molecule has 5 aromatic rings. The van der Waals surface area contributed by atoms with Gasteiger partial charge in [0.2, 0.25) is 5.69 Å². The SMILES string of the molecule is CCC1(C)c2ccc(P3(=O)c4ccccc4C(C)(C)c4ccccc43)cc2-c2c3ccccc3cc[n+]2C1(CC)CC. The molecule has 3 heteroatoms. The Labute approximate surface area is 250 Å². The van der Waals surface area contributed by atoms with E-state index in [2.05, 4.69) is 149 Å². The van der Waals surface area contributed by atoms with Crippen molar-refractivity contribution >= 4 is 33.8 Å². The van der Waals surface area contributed by atoms with Gasteiger partial charge >= 0.3 is 0 Å². The summed E-state index contributed by atoms with van der Waals surface area (Å²) in [5.41, 5.74) is 5.82. The average Bonchev–Trinajstić information content (AvgIpc) is 3.04. The van der Waals surface area contributed by atoms with Crippen molar-refractivity contribution in [2.24, 2.45) is 0 Å². The Morgan fingerprint density at radius 3 is 1.88 bits per heavy atom. The van der Waals surface area contributed by atoms with Crippen molar-refractivity contribution in [3.05, 3.63) is 120 Å². The lowest BCUT2D eigenvalue weighted by Crippen LogP contribution is -2.68. The highest BCUT2D eigenvalue weighted by molar-refractivity contribution is 7.85. The topological polar surface area (TPSA) is 20.9 Å². The molecule has 2 aliphatic rings. The van der Waals surface area contributed by atoms with E-state index in [1.807, 2.05) is 0 Å². The lowest BCUT2D eigenvalue weighted by molar-refractivity contribution is -0.768. The summed E-state index contributed by atoms with van der Waals surface area (Å²) in [6, 6.07) is 34.7. The molecule has 1 unspecified atom stereocenters. The Hall–Kier alpha value is -3.48. The molecule has 1 atom stereocenters. The molecule has 2 aliphatic heterocycles. The van der Waals surface area contributed by atoms with E-state index < -0.39 is 7.14 Å². The smallest absolute Gasteiger partial charge is 0.221 e. The van der Waals surface area contributed by atoms with Crippen LogP contribution in [0.5, 0.6) is 0 Å². The molecule has 7 rings (SSSR count). The second-order valence-electron chi connectivity index (χ2n) is 13.0. The van der Waals surface area contributed by atoms with Gasteiger partial charge in [-0.25, -0.2) is 0 Å². The molecule has 0 aliphatic carbocycles. The lowest BCUT2D eigenvalue weighted by atomic mass is 9.58. The fourth-order valence-electron chi connectivity index (χ4n) is 8.77. The number of nitrogens with zero attached hydrogens (tertiary/aromatic N) is 1. The fraction of sp³-hybridized carbons (Fsp3) is 0.308. The zero-order valence-corrected chi connectivity index (χ0v) is 26.6. The molecule has 2 nitrogen and oxygen atoms in total. The van der Waals surface area contributed by atoms with Gasteiger partial charge in [0.25, 0.3) is 0 Å². The van der Waals surface area contributed by atoms with Gasteiger partial charge in [0.15, 0.2) is 18.9 Å². The van der Waals surface area contributed by atoms with Gasteiger partial charge in [-0.1, -0.05) is 113 Å². The Balaban J connectivity index is 1.60. The molecule has 212 valence electrons. The maximum atomic E-state index is 15.9. The van der Waals surface area contributed by atoms with Crippen molar-refractivity contribution in [3.63, 3.8) is 0 Å². The third-order valence-electron chi connectivity index (χ3n) is 11.3. The standard InChI is InChI=1S/C39H41NOP/c1-7-38(6)31-23-22-28(42(41)34-20-14-12-18-32(34)37(4,5)33-19-13-15-21-35(33)42)26-30(31)36-29-17-11-10-16-27(29)24-25-40(36)39(38,8-2)9-3/h10-26H,7-9H2,1-6H3/q+1.